The lowest BCUT2D eigenvalue weighted by Crippen LogP contribution is -2.61. The number of hydrogen-bond acceptors (Lipinski definition) is 5. The highest BCUT2D eigenvalue weighted by Gasteiger charge is 2.42. The van der Waals surface area contributed by atoms with Crippen molar-refractivity contribution in [2.24, 2.45) is 11.7 Å². The summed E-state index contributed by atoms with van der Waals surface area (Å²) in [5.74, 6) is 0.320. The Morgan fingerprint density at radius 1 is 0.909 bits per heavy atom. The molecular weight excluding hydrogens is 570 g/mol. The van der Waals surface area contributed by atoms with Gasteiger partial charge in [0.25, 0.3) is 0 Å². The molecule has 2 saturated heterocycles. The van der Waals surface area contributed by atoms with E-state index in [0.717, 1.165) is 49.2 Å². The second-order valence-corrected chi connectivity index (χ2v) is 14.6. The van der Waals surface area contributed by atoms with E-state index in [2.05, 4.69) is 42.8 Å². The Balaban J connectivity index is 1.25. The summed E-state index contributed by atoms with van der Waals surface area (Å²) in [7, 11) is 0. The highest BCUT2D eigenvalue weighted by molar-refractivity contribution is 6.30. The normalized spacial score (nSPS) is 20.3. The molecule has 0 radical (unpaired) electrons. The molecule has 0 bridgehead atoms. The Kier molecular flexibility index (Phi) is 10.7. The van der Waals surface area contributed by atoms with Crippen molar-refractivity contribution in [3.63, 3.8) is 0 Å². The number of carbonyl (C=O) groups excluding carboxylic acids is 2. The molecule has 1 atom stereocenters. The van der Waals surface area contributed by atoms with Crippen LogP contribution in [-0.4, -0.2) is 88.9 Å². The second kappa shape index (κ2) is 14.3. The van der Waals surface area contributed by atoms with Crippen molar-refractivity contribution in [2.45, 2.75) is 102 Å². The zero-order valence-electron chi connectivity index (χ0n) is 27.1. The predicted octanol–water partition coefficient (Wildman–Crippen LogP) is 4.69. The van der Waals surface area contributed by atoms with Gasteiger partial charge >= 0.3 is 0 Å². The van der Waals surface area contributed by atoms with Gasteiger partial charge in [-0.2, -0.15) is 0 Å². The number of nitrogens with one attached hydrogen (secondary N) is 1. The van der Waals surface area contributed by atoms with Crippen LogP contribution < -0.4 is 11.1 Å². The molecule has 0 spiro atoms. The van der Waals surface area contributed by atoms with E-state index >= 15 is 0 Å². The van der Waals surface area contributed by atoms with E-state index in [4.69, 9.17) is 17.3 Å². The molecule has 240 valence electrons. The molecule has 5 rings (SSSR count). The van der Waals surface area contributed by atoms with Crippen molar-refractivity contribution in [3.8, 4) is 0 Å². The molecule has 2 amide bonds. The van der Waals surface area contributed by atoms with Gasteiger partial charge in [-0.05, 0) is 100 Å². The van der Waals surface area contributed by atoms with E-state index < -0.39 is 11.6 Å². The third kappa shape index (κ3) is 7.85. The molecule has 2 aliphatic heterocycles. The Hall–Kier alpha value is -2.45. The lowest BCUT2D eigenvalue weighted by atomic mass is 9.93. The number of likely N-dealkylation sites (tertiary alicyclic amines) is 2. The van der Waals surface area contributed by atoms with Crippen molar-refractivity contribution >= 4 is 23.4 Å². The van der Waals surface area contributed by atoms with E-state index in [1.54, 1.807) is 0 Å². The zero-order chi connectivity index (χ0) is 31.4. The Morgan fingerprint density at radius 2 is 1.45 bits per heavy atom. The average Bonchev–Trinajstić information content (AvgIpc) is 3.38. The predicted molar refractivity (Wildman–Crippen MR) is 179 cm³/mol. The van der Waals surface area contributed by atoms with Crippen molar-refractivity contribution in [1.82, 2.24) is 20.0 Å². The fourth-order valence-electron chi connectivity index (χ4n) is 7.55. The number of fused-ring (bicyclic) bond motifs is 1. The zero-order valence-corrected chi connectivity index (χ0v) is 27.9. The quantitative estimate of drug-likeness (QED) is 0.403. The van der Waals surface area contributed by atoms with Gasteiger partial charge in [0.1, 0.15) is 11.6 Å². The molecule has 0 unspecified atom stereocenters. The largest absolute Gasteiger partial charge is 0.342 e. The van der Waals surface area contributed by atoms with Gasteiger partial charge in [0.15, 0.2) is 0 Å². The summed E-state index contributed by atoms with van der Waals surface area (Å²) < 4.78 is 0. The minimum absolute atomic E-state index is 0.0217. The highest BCUT2D eigenvalue weighted by Crippen LogP contribution is 2.30. The molecule has 0 aromatic heterocycles. The van der Waals surface area contributed by atoms with Crippen LogP contribution in [0.2, 0.25) is 5.02 Å². The molecule has 3 N–H and O–H groups in total. The number of carbonyl (C=O) groups is 2. The second-order valence-electron chi connectivity index (χ2n) is 14.1. The number of piperidine rings is 2. The van der Waals surface area contributed by atoms with E-state index in [9.17, 15) is 9.59 Å². The molecule has 44 heavy (non-hydrogen) atoms. The number of rotatable bonds is 10. The number of halogens is 1. The van der Waals surface area contributed by atoms with Crippen LogP contribution in [0.15, 0.2) is 48.5 Å². The van der Waals surface area contributed by atoms with Gasteiger partial charge in [-0.25, -0.2) is 0 Å². The van der Waals surface area contributed by atoms with E-state index in [-0.39, 0.29) is 11.8 Å². The summed E-state index contributed by atoms with van der Waals surface area (Å²) in [6.07, 6.45) is 5.70. The van der Waals surface area contributed by atoms with Crippen LogP contribution in [0.25, 0.3) is 0 Å². The average molecular weight is 622 g/mol. The Bertz CT molecular complexity index is 1240. The summed E-state index contributed by atoms with van der Waals surface area (Å²) in [6.45, 7) is 14.0. The fourth-order valence-corrected chi connectivity index (χ4v) is 7.68. The first-order valence-electron chi connectivity index (χ1n) is 16.7. The van der Waals surface area contributed by atoms with Crippen LogP contribution >= 0.6 is 11.6 Å². The summed E-state index contributed by atoms with van der Waals surface area (Å²) in [5, 5.41) is 3.76. The third-order valence-electron chi connectivity index (χ3n) is 10.1. The number of hydrogen-bond donors (Lipinski definition) is 2. The lowest BCUT2D eigenvalue weighted by Gasteiger charge is -2.46. The van der Waals surface area contributed by atoms with Crippen LogP contribution in [0.5, 0.6) is 0 Å². The molecule has 2 aromatic rings. The first-order chi connectivity index (χ1) is 21.0. The minimum Gasteiger partial charge on any atom is -0.342 e. The molecular formula is C36H52ClN5O2. The van der Waals surface area contributed by atoms with Crippen molar-refractivity contribution in [1.29, 1.82) is 0 Å². The smallest absolute Gasteiger partial charge is 0.245 e. The van der Waals surface area contributed by atoms with Gasteiger partial charge in [-0.3, -0.25) is 14.5 Å². The van der Waals surface area contributed by atoms with Crippen LogP contribution in [0.4, 0.5) is 0 Å². The molecule has 1 aliphatic carbocycles. The summed E-state index contributed by atoms with van der Waals surface area (Å²) >= 11 is 6.15. The van der Waals surface area contributed by atoms with Crippen molar-refractivity contribution in [3.05, 3.63) is 70.2 Å². The number of benzene rings is 2. The standard InChI is InChI=1S/C36H52ClN5O2/c1-25(2)24-42(31-13-17-40(18-14-31)26(3)4)32-15-19-41(20-16-32)34(43)33(21-27-9-11-30(37)12-10-27)39-35(44)36(38)22-28-7-5-6-8-29(28)23-36/h5-12,25-26,31-33H,13-24,38H2,1-4H3,(H,39,44)/t33-/m1/s1. The first kappa shape index (κ1) is 32.9. The van der Waals surface area contributed by atoms with Gasteiger partial charge in [0.2, 0.25) is 11.8 Å². The molecule has 3 aliphatic rings. The maximum atomic E-state index is 14.1. The highest BCUT2D eigenvalue weighted by atomic mass is 35.5. The lowest BCUT2D eigenvalue weighted by molar-refractivity contribution is -0.139. The molecule has 2 fully saturated rings. The van der Waals surface area contributed by atoms with Gasteiger partial charge in [-0.1, -0.05) is 61.8 Å². The third-order valence-corrected chi connectivity index (χ3v) is 10.3. The molecule has 0 saturated carbocycles. The van der Waals surface area contributed by atoms with Gasteiger partial charge in [0, 0.05) is 49.2 Å². The summed E-state index contributed by atoms with van der Waals surface area (Å²) in [4.78, 5) is 35.2. The van der Waals surface area contributed by atoms with E-state index in [0.29, 0.717) is 61.4 Å². The maximum Gasteiger partial charge on any atom is 0.245 e. The molecule has 7 nitrogen and oxygen atoms in total. The van der Waals surface area contributed by atoms with Crippen molar-refractivity contribution < 1.29 is 9.59 Å². The van der Waals surface area contributed by atoms with E-state index in [1.807, 2.05) is 53.4 Å². The monoisotopic (exact) mass is 621 g/mol. The van der Waals surface area contributed by atoms with Gasteiger partial charge in [-0.15, -0.1) is 0 Å². The maximum absolute atomic E-state index is 14.1. The van der Waals surface area contributed by atoms with Crippen molar-refractivity contribution in [2.75, 3.05) is 32.7 Å². The van der Waals surface area contributed by atoms with Crippen LogP contribution in [0, 0.1) is 5.92 Å². The molecule has 2 aromatic carbocycles. The molecule has 8 heteroatoms. The number of nitrogens with zero attached hydrogens (tertiary/aromatic N) is 3. The number of nitrogens with two attached hydrogens (primary N) is 1. The Labute approximate surface area is 269 Å². The summed E-state index contributed by atoms with van der Waals surface area (Å²) in [5.41, 5.74) is 8.83. The minimum atomic E-state index is -1.06. The fraction of sp³-hybridized carbons (Fsp3) is 0.611. The van der Waals surface area contributed by atoms with Crippen LogP contribution in [0.1, 0.15) is 70.1 Å². The van der Waals surface area contributed by atoms with Gasteiger partial charge < -0.3 is 20.9 Å². The SMILES string of the molecule is CC(C)CN(C1CCN(C(=O)[C@@H](Cc2ccc(Cl)cc2)NC(=O)C2(N)Cc3ccccc3C2)CC1)C1CCN(C(C)C)CC1. The topological polar surface area (TPSA) is 81.9 Å². The number of amides is 2. The van der Waals surface area contributed by atoms with E-state index in [1.165, 1.54) is 12.8 Å². The summed E-state index contributed by atoms with van der Waals surface area (Å²) in [6, 6.07) is 16.6. The molecule has 2 heterocycles. The first-order valence-corrected chi connectivity index (χ1v) is 17.1. The Morgan fingerprint density at radius 3 is 1.98 bits per heavy atom. The van der Waals surface area contributed by atoms with Gasteiger partial charge in [0.05, 0.1) is 0 Å². The van der Waals surface area contributed by atoms with Crippen LogP contribution in [-0.2, 0) is 28.9 Å². The van der Waals surface area contributed by atoms with Crippen LogP contribution in [0.3, 0.4) is 0 Å².